The maximum Gasteiger partial charge on any atom is 0.00554 e. The molecule has 2 nitrogen and oxygen atoms in total. The Bertz CT molecular complexity index is 127. The highest BCUT2D eigenvalue weighted by atomic mass is 32.2. The lowest BCUT2D eigenvalue weighted by molar-refractivity contribution is 0.291. The minimum absolute atomic E-state index is 0.674. The van der Waals surface area contributed by atoms with Crippen LogP contribution in [-0.2, 0) is 0 Å². The summed E-state index contributed by atoms with van der Waals surface area (Å²) in [5.41, 5.74) is 0. The lowest BCUT2D eigenvalue weighted by Gasteiger charge is -2.19. The second-order valence-corrected chi connectivity index (χ2v) is 5.00. The predicted molar refractivity (Wildman–Crippen MR) is 72.9 cm³/mol. The summed E-state index contributed by atoms with van der Waals surface area (Å²) in [6, 6.07) is 0.674. The standard InChI is InChI=1S/C12H28N2S/c1-5-14(6-2)10-7-8-12(3)13-9-11-15-4/h12-13H,5-11H2,1-4H3. The molecule has 0 aromatic carbocycles. The first-order valence-corrected chi connectivity index (χ1v) is 7.58. The van der Waals surface area contributed by atoms with Crippen molar-refractivity contribution in [3.8, 4) is 0 Å². The fourth-order valence-corrected chi connectivity index (χ4v) is 1.99. The summed E-state index contributed by atoms with van der Waals surface area (Å²) < 4.78 is 0. The van der Waals surface area contributed by atoms with Crippen LogP contribution in [-0.4, -0.2) is 49.1 Å². The van der Waals surface area contributed by atoms with Gasteiger partial charge in [-0.05, 0) is 45.7 Å². The number of nitrogens with zero attached hydrogens (tertiary/aromatic N) is 1. The van der Waals surface area contributed by atoms with E-state index in [0.717, 1.165) is 6.54 Å². The van der Waals surface area contributed by atoms with E-state index in [4.69, 9.17) is 0 Å². The van der Waals surface area contributed by atoms with Crippen molar-refractivity contribution in [1.82, 2.24) is 10.2 Å². The zero-order valence-corrected chi connectivity index (χ0v) is 11.7. The third-order valence-corrected chi connectivity index (χ3v) is 3.42. The van der Waals surface area contributed by atoms with Crippen molar-refractivity contribution in [2.75, 3.05) is 38.2 Å². The quantitative estimate of drug-likeness (QED) is 0.583. The molecule has 0 bridgehead atoms. The molecule has 0 aliphatic heterocycles. The number of nitrogens with one attached hydrogen (secondary N) is 1. The smallest absolute Gasteiger partial charge is 0.00554 e. The molecule has 0 amide bonds. The number of thioether (sulfide) groups is 1. The van der Waals surface area contributed by atoms with Gasteiger partial charge in [-0.3, -0.25) is 0 Å². The highest BCUT2D eigenvalue weighted by Gasteiger charge is 2.02. The van der Waals surface area contributed by atoms with Gasteiger partial charge in [0.1, 0.15) is 0 Å². The van der Waals surface area contributed by atoms with Gasteiger partial charge in [-0.2, -0.15) is 11.8 Å². The minimum Gasteiger partial charge on any atom is -0.313 e. The Kier molecular flexibility index (Phi) is 11.0. The van der Waals surface area contributed by atoms with Crippen LogP contribution in [0.5, 0.6) is 0 Å². The molecule has 0 saturated heterocycles. The normalized spacial score (nSPS) is 13.4. The topological polar surface area (TPSA) is 15.3 Å². The van der Waals surface area contributed by atoms with E-state index in [1.165, 1.54) is 38.2 Å². The van der Waals surface area contributed by atoms with Crippen LogP contribution in [0, 0.1) is 0 Å². The van der Waals surface area contributed by atoms with Gasteiger partial charge in [0.2, 0.25) is 0 Å². The number of hydrogen-bond donors (Lipinski definition) is 1. The second kappa shape index (κ2) is 10.8. The van der Waals surface area contributed by atoms with E-state index in [1.54, 1.807) is 0 Å². The molecule has 0 aromatic heterocycles. The van der Waals surface area contributed by atoms with Crippen LogP contribution < -0.4 is 5.32 Å². The van der Waals surface area contributed by atoms with Gasteiger partial charge in [-0.15, -0.1) is 0 Å². The average Bonchev–Trinajstić information content (AvgIpc) is 2.25. The fourth-order valence-electron chi connectivity index (χ4n) is 1.67. The minimum atomic E-state index is 0.674. The van der Waals surface area contributed by atoms with E-state index < -0.39 is 0 Å². The third-order valence-electron chi connectivity index (χ3n) is 2.80. The Balaban J connectivity index is 3.33. The van der Waals surface area contributed by atoms with E-state index in [2.05, 4.69) is 37.2 Å². The zero-order chi connectivity index (χ0) is 11.5. The maximum atomic E-state index is 3.55. The van der Waals surface area contributed by atoms with Crippen molar-refractivity contribution in [2.24, 2.45) is 0 Å². The molecule has 15 heavy (non-hydrogen) atoms. The van der Waals surface area contributed by atoms with Gasteiger partial charge in [0.25, 0.3) is 0 Å². The van der Waals surface area contributed by atoms with E-state index in [-0.39, 0.29) is 0 Å². The number of rotatable bonds is 10. The van der Waals surface area contributed by atoms with Crippen molar-refractivity contribution in [1.29, 1.82) is 0 Å². The van der Waals surface area contributed by atoms with E-state index in [1.807, 2.05) is 11.8 Å². The highest BCUT2D eigenvalue weighted by Crippen LogP contribution is 1.99. The first-order chi connectivity index (χ1) is 7.24. The molecule has 0 heterocycles. The Hall–Kier alpha value is 0.270. The molecular formula is C12H28N2S. The van der Waals surface area contributed by atoms with Crippen LogP contribution in [0.4, 0.5) is 0 Å². The summed E-state index contributed by atoms with van der Waals surface area (Å²) in [5.74, 6) is 1.22. The Morgan fingerprint density at radius 2 is 1.93 bits per heavy atom. The summed E-state index contributed by atoms with van der Waals surface area (Å²) in [5, 5.41) is 3.55. The van der Waals surface area contributed by atoms with E-state index in [0.29, 0.717) is 6.04 Å². The summed E-state index contributed by atoms with van der Waals surface area (Å²) in [6.45, 7) is 11.5. The molecule has 0 saturated carbocycles. The van der Waals surface area contributed by atoms with Crippen molar-refractivity contribution in [2.45, 2.75) is 39.7 Å². The maximum absolute atomic E-state index is 3.55. The van der Waals surface area contributed by atoms with Crippen molar-refractivity contribution in [3.63, 3.8) is 0 Å². The van der Waals surface area contributed by atoms with Crippen LogP contribution in [0.15, 0.2) is 0 Å². The van der Waals surface area contributed by atoms with Crippen LogP contribution in [0.2, 0.25) is 0 Å². The lowest BCUT2D eigenvalue weighted by atomic mass is 10.2. The molecule has 0 aliphatic rings. The predicted octanol–water partition coefficient (Wildman–Crippen LogP) is 2.45. The van der Waals surface area contributed by atoms with Crippen LogP contribution >= 0.6 is 11.8 Å². The molecule has 92 valence electrons. The van der Waals surface area contributed by atoms with Crippen molar-refractivity contribution in [3.05, 3.63) is 0 Å². The van der Waals surface area contributed by atoms with Crippen LogP contribution in [0.3, 0.4) is 0 Å². The fraction of sp³-hybridized carbons (Fsp3) is 1.00. The molecular weight excluding hydrogens is 204 g/mol. The Morgan fingerprint density at radius 3 is 2.47 bits per heavy atom. The molecule has 1 atom stereocenters. The van der Waals surface area contributed by atoms with Crippen molar-refractivity contribution < 1.29 is 0 Å². The van der Waals surface area contributed by atoms with Gasteiger partial charge in [0.15, 0.2) is 0 Å². The molecule has 0 aliphatic carbocycles. The first kappa shape index (κ1) is 15.3. The lowest BCUT2D eigenvalue weighted by Crippen LogP contribution is -2.30. The third kappa shape index (κ3) is 9.21. The average molecular weight is 232 g/mol. The van der Waals surface area contributed by atoms with Gasteiger partial charge in [-0.25, -0.2) is 0 Å². The summed E-state index contributed by atoms with van der Waals surface area (Å²) in [4.78, 5) is 2.49. The largest absolute Gasteiger partial charge is 0.313 e. The molecule has 1 unspecified atom stereocenters. The molecule has 0 spiro atoms. The van der Waals surface area contributed by atoms with Gasteiger partial charge in [0.05, 0.1) is 0 Å². The van der Waals surface area contributed by atoms with Gasteiger partial charge < -0.3 is 10.2 Å². The van der Waals surface area contributed by atoms with E-state index in [9.17, 15) is 0 Å². The Morgan fingerprint density at radius 1 is 1.27 bits per heavy atom. The summed E-state index contributed by atoms with van der Waals surface area (Å²) >= 11 is 1.91. The molecule has 0 rings (SSSR count). The van der Waals surface area contributed by atoms with Crippen LogP contribution in [0.1, 0.15) is 33.6 Å². The van der Waals surface area contributed by atoms with Gasteiger partial charge >= 0.3 is 0 Å². The highest BCUT2D eigenvalue weighted by molar-refractivity contribution is 7.98. The monoisotopic (exact) mass is 232 g/mol. The van der Waals surface area contributed by atoms with Gasteiger partial charge in [-0.1, -0.05) is 13.8 Å². The van der Waals surface area contributed by atoms with Crippen LogP contribution in [0.25, 0.3) is 0 Å². The van der Waals surface area contributed by atoms with Crippen molar-refractivity contribution >= 4 is 11.8 Å². The zero-order valence-electron chi connectivity index (χ0n) is 10.9. The summed E-state index contributed by atoms with van der Waals surface area (Å²) in [6.07, 6.45) is 4.77. The van der Waals surface area contributed by atoms with Gasteiger partial charge in [0, 0.05) is 18.3 Å². The number of hydrogen-bond acceptors (Lipinski definition) is 3. The second-order valence-electron chi connectivity index (χ2n) is 4.02. The molecule has 1 N–H and O–H groups in total. The SMILES string of the molecule is CCN(CC)CCCC(C)NCCSC. The van der Waals surface area contributed by atoms with E-state index >= 15 is 0 Å². The summed E-state index contributed by atoms with van der Waals surface area (Å²) in [7, 11) is 0. The molecule has 3 heteroatoms. The molecule has 0 radical (unpaired) electrons. The Labute approximate surface area is 100 Å². The molecule has 0 fully saturated rings. The first-order valence-electron chi connectivity index (χ1n) is 6.19. The molecule has 0 aromatic rings.